The number of hydrogen-bond acceptors (Lipinski definition) is 5. The fraction of sp³-hybridized carbons (Fsp3) is 0.650. The van der Waals surface area contributed by atoms with Gasteiger partial charge in [0.25, 0.3) is 0 Å². The van der Waals surface area contributed by atoms with Crippen molar-refractivity contribution in [3.63, 3.8) is 0 Å². The van der Waals surface area contributed by atoms with Gasteiger partial charge in [-0.05, 0) is 56.4 Å². The van der Waals surface area contributed by atoms with Crippen LogP contribution in [0.2, 0.25) is 0 Å². The molecule has 0 spiro atoms. The molecule has 1 atom stereocenters. The molecule has 2 aromatic heterocycles. The van der Waals surface area contributed by atoms with Gasteiger partial charge in [-0.1, -0.05) is 18.7 Å². The monoisotopic (exact) mass is 387 g/mol. The fourth-order valence-electron chi connectivity index (χ4n) is 4.14. The van der Waals surface area contributed by atoms with E-state index in [9.17, 15) is 4.79 Å². The third-order valence-electron chi connectivity index (χ3n) is 5.87. The number of aryl methyl sites for hydroxylation is 1. The first kappa shape index (κ1) is 17.0. The van der Waals surface area contributed by atoms with Crippen LogP contribution in [0.1, 0.15) is 61.2 Å². The largest absolute Gasteiger partial charge is 0.342 e. The molecule has 1 saturated carbocycles. The van der Waals surface area contributed by atoms with Crippen LogP contribution in [0.15, 0.2) is 5.03 Å². The van der Waals surface area contributed by atoms with Crippen LogP contribution >= 0.6 is 23.1 Å². The normalized spacial score (nSPS) is 22.8. The third kappa shape index (κ3) is 3.15. The zero-order chi connectivity index (χ0) is 17.7. The Morgan fingerprint density at radius 1 is 1.23 bits per heavy atom. The van der Waals surface area contributed by atoms with E-state index in [1.807, 2.05) is 16.2 Å². The summed E-state index contributed by atoms with van der Waals surface area (Å²) in [5.74, 6) is 3.10. The van der Waals surface area contributed by atoms with Crippen molar-refractivity contribution in [1.29, 1.82) is 0 Å². The van der Waals surface area contributed by atoms with Crippen molar-refractivity contribution >= 4 is 39.2 Å². The maximum absolute atomic E-state index is 12.5. The van der Waals surface area contributed by atoms with Gasteiger partial charge in [0, 0.05) is 29.3 Å². The molecule has 6 heteroatoms. The van der Waals surface area contributed by atoms with Crippen LogP contribution < -0.4 is 0 Å². The Morgan fingerprint density at radius 2 is 2.04 bits per heavy atom. The van der Waals surface area contributed by atoms with Crippen LogP contribution in [0.3, 0.4) is 0 Å². The highest BCUT2D eigenvalue weighted by Gasteiger charge is 2.30. The third-order valence-corrected chi connectivity index (χ3v) is 7.98. The standard InChI is InChI=1S/C20H25N3OS2/c1-12-4-7-14-15(10-12)26-20-17(14)19(21-18(22-20)13-5-6-13)25-11-16(24)23-8-2-3-9-23/h12-13H,2-11H2,1H3/t12-/m1/s1. The molecule has 1 aliphatic heterocycles. The highest BCUT2D eigenvalue weighted by molar-refractivity contribution is 8.00. The van der Waals surface area contributed by atoms with Crippen molar-refractivity contribution in [3.05, 3.63) is 16.3 Å². The second-order valence-corrected chi connectivity index (χ2v) is 10.1. The molecule has 0 radical (unpaired) electrons. The number of amides is 1. The zero-order valence-corrected chi connectivity index (χ0v) is 16.9. The van der Waals surface area contributed by atoms with E-state index in [1.54, 1.807) is 11.8 Å². The predicted octanol–water partition coefficient (Wildman–Crippen LogP) is 4.41. The van der Waals surface area contributed by atoms with E-state index in [4.69, 9.17) is 9.97 Å². The van der Waals surface area contributed by atoms with E-state index in [-0.39, 0.29) is 5.91 Å². The molecule has 2 aromatic rings. The van der Waals surface area contributed by atoms with Gasteiger partial charge in [-0.3, -0.25) is 4.79 Å². The smallest absolute Gasteiger partial charge is 0.232 e. The SMILES string of the molecule is C[C@@H]1CCc2c(sc3nc(C4CC4)nc(SCC(=O)N4CCCC4)c23)C1. The number of nitrogens with zero attached hydrogens (tertiary/aromatic N) is 3. The molecule has 4 nitrogen and oxygen atoms in total. The molecule has 5 rings (SSSR count). The van der Waals surface area contributed by atoms with Crippen LogP contribution in [-0.2, 0) is 17.6 Å². The summed E-state index contributed by atoms with van der Waals surface area (Å²) in [6, 6.07) is 0. The Morgan fingerprint density at radius 3 is 2.81 bits per heavy atom. The molecule has 0 N–H and O–H groups in total. The summed E-state index contributed by atoms with van der Waals surface area (Å²) in [6.45, 7) is 4.20. The average molecular weight is 388 g/mol. The van der Waals surface area contributed by atoms with Crippen molar-refractivity contribution in [2.24, 2.45) is 5.92 Å². The number of carbonyl (C=O) groups is 1. The summed E-state index contributed by atoms with van der Waals surface area (Å²) in [6.07, 6.45) is 8.28. The van der Waals surface area contributed by atoms with E-state index < -0.39 is 0 Å². The van der Waals surface area contributed by atoms with Gasteiger partial charge in [0.2, 0.25) is 5.91 Å². The zero-order valence-electron chi connectivity index (χ0n) is 15.3. The van der Waals surface area contributed by atoms with Gasteiger partial charge in [-0.15, -0.1) is 11.3 Å². The Kier molecular flexibility index (Phi) is 4.44. The minimum atomic E-state index is 0.268. The first-order valence-corrected chi connectivity index (χ1v) is 11.7. The summed E-state index contributed by atoms with van der Waals surface area (Å²) in [4.78, 5) is 27.1. The van der Waals surface area contributed by atoms with Gasteiger partial charge in [0.05, 0.1) is 5.75 Å². The molecule has 138 valence electrons. The van der Waals surface area contributed by atoms with Crippen molar-refractivity contribution in [2.75, 3.05) is 18.8 Å². The Hall–Kier alpha value is -1.14. The summed E-state index contributed by atoms with van der Waals surface area (Å²) >= 11 is 3.52. The number of hydrogen-bond donors (Lipinski definition) is 0. The fourth-order valence-corrected chi connectivity index (χ4v) is 6.56. The van der Waals surface area contributed by atoms with Gasteiger partial charge in [0.15, 0.2) is 0 Å². The minimum Gasteiger partial charge on any atom is -0.342 e. The first-order valence-electron chi connectivity index (χ1n) is 9.92. The van der Waals surface area contributed by atoms with E-state index in [0.717, 1.165) is 54.0 Å². The molecule has 2 aliphatic carbocycles. The maximum atomic E-state index is 12.5. The second kappa shape index (κ2) is 6.79. The van der Waals surface area contributed by atoms with Crippen LogP contribution in [0.5, 0.6) is 0 Å². The quantitative estimate of drug-likeness (QED) is 0.576. The lowest BCUT2D eigenvalue weighted by atomic mass is 9.89. The summed E-state index contributed by atoms with van der Waals surface area (Å²) < 4.78 is 0. The lowest BCUT2D eigenvalue weighted by Gasteiger charge is -2.18. The van der Waals surface area contributed by atoms with Crippen LogP contribution in [-0.4, -0.2) is 39.6 Å². The number of thioether (sulfide) groups is 1. The van der Waals surface area contributed by atoms with Crippen LogP contribution in [0.25, 0.3) is 10.2 Å². The minimum absolute atomic E-state index is 0.268. The lowest BCUT2D eigenvalue weighted by Crippen LogP contribution is -2.29. The van der Waals surface area contributed by atoms with Crippen molar-refractivity contribution in [3.8, 4) is 0 Å². The first-order chi connectivity index (χ1) is 12.7. The van der Waals surface area contributed by atoms with Gasteiger partial charge >= 0.3 is 0 Å². The number of fused-ring (bicyclic) bond motifs is 3. The molecule has 0 unspecified atom stereocenters. The Labute approximate surface area is 162 Å². The molecular formula is C20H25N3OS2. The Balaban J connectivity index is 1.48. The number of likely N-dealkylation sites (tertiary alicyclic amines) is 1. The molecule has 0 aromatic carbocycles. The van der Waals surface area contributed by atoms with Gasteiger partial charge in [0.1, 0.15) is 15.7 Å². The van der Waals surface area contributed by atoms with Gasteiger partial charge in [-0.25, -0.2) is 9.97 Å². The predicted molar refractivity (Wildman–Crippen MR) is 107 cm³/mol. The highest BCUT2D eigenvalue weighted by Crippen LogP contribution is 2.44. The molecule has 3 heterocycles. The average Bonchev–Trinajstić information content (AvgIpc) is 3.21. The molecule has 2 fully saturated rings. The van der Waals surface area contributed by atoms with Crippen LogP contribution in [0.4, 0.5) is 0 Å². The number of aromatic nitrogens is 2. The Bertz CT molecular complexity index is 852. The van der Waals surface area contributed by atoms with E-state index >= 15 is 0 Å². The molecule has 3 aliphatic rings. The van der Waals surface area contributed by atoms with Gasteiger partial charge in [-0.2, -0.15) is 0 Å². The van der Waals surface area contributed by atoms with Crippen molar-refractivity contribution in [1.82, 2.24) is 14.9 Å². The number of thiophene rings is 1. The second-order valence-electron chi connectivity index (χ2n) is 8.07. The molecule has 1 saturated heterocycles. The maximum Gasteiger partial charge on any atom is 0.232 e. The summed E-state index contributed by atoms with van der Waals surface area (Å²) in [5.41, 5.74) is 1.47. The number of carbonyl (C=O) groups excluding carboxylic acids is 1. The van der Waals surface area contributed by atoms with E-state index in [1.165, 1.54) is 41.5 Å². The summed E-state index contributed by atoms with van der Waals surface area (Å²) in [7, 11) is 0. The summed E-state index contributed by atoms with van der Waals surface area (Å²) in [5, 5.41) is 2.33. The molecule has 26 heavy (non-hydrogen) atoms. The van der Waals surface area contributed by atoms with Gasteiger partial charge < -0.3 is 4.90 Å². The highest BCUT2D eigenvalue weighted by atomic mass is 32.2. The topological polar surface area (TPSA) is 46.1 Å². The molecule has 0 bridgehead atoms. The van der Waals surface area contributed by atoms with Crippen molar-refractivity contribution < 1.29 is 4.79 Å². The van der Waals surface area contributed by atoms with Crippen LogP contribution in [0, 0.1) is 5.92 Å². The van der Waals surface area contributed by atoms with E-state index in [2.05, 4.69) is 6.92 Å². The van der Waals surface area contributed by atoms with E-state index in [0.29, 0.717) is 11.7 Å². The number of rotatable bonds is 4. The van der Waals surface area contributed by atoms with Crippen molar-refractivity contribution in [2.45, 2.75) is 62.8 Å². The molecular weight excluding hydrogens is 362 g/mol. The lowest BCUT2D eigenvalue weighted by molar-refractivity contribution is -0.127. The molecule has 1 amide bonds.